The van der Waals surface area contributed by atoms with Gasteiger partial charge in [0.15, 0.2) is 0 Å². The second kappa shape index (κ2) is 8.26. The van der Waals surface area contributed by atoms with Crippen LogP contribution in [0.5, 0.6) is 0 Å². The number of benzene rings is 2. The molecular weight excluding hydrogens is 376 g/mol. The van der Waals surface area contributed by atoms with E-state index >= 15 is 0 Å². The molecule has 2 aromatic carbocycles. The van der Waals surface area contributed by atoms with Crippen LogP contribution in [0, 0.1) is 0 Å². The number of nitrogens with one attached hydrogen (secondary N) is 1. The van der Waals surface area contributed by atoms with Crippen molar-refractivity contribution in [3.05, 3.63) is 92.6 Å². The van der Waals surface area contributed by atoms with E-state index in [-0.39, 0.29) is 11.9 Å². The monoisotopic (exact) mass is 396 g/mol. The third kappa shape index (κ3) is 4.24. The van der Waals surface area contributed by atoms with Gasteiger partial charge in [0, 0.05) is 35.1 Å². The number of nitrogens with zero attached hydrogens (tertiary/aromatic N) is 1. The number of hydrogen-bond donors (Lipinski definition) is 1. The summed E-state index contributed by atoms with van der Waals surface area (Å²) in [5.41, 5.74) is 3.41. The molecule has 5 heteroatoms. The summed E-state index contributed by atoms with van der Waals surface area (Å²) in [6.45, 7) is 2.48. The Bertz CT molecular complexity index is 926. The van der Waals surface area contributed by atoms with Crippen molar-refractivity contribution in [2.24, 2.45) is 0 Å². The van der Waals surface area contributed by atoms with Gasteiger partial charge in [-0.25, -0.2) is 0 Å². The van der Waals surface area contributed by atoms with Gasteiger partial charge in [-0.1, -0.05) is 48.0 Å². The number of fused-ring (bicyclic) bond motifs is 1. The lowest BCUT2D eigenvalue weighted by atomic mass is 9.98. The standard InChI is InChI=1S/C22H21ClN2OS/c23-19-8-3-7-17(13-19)22(26)24-14-20(21-9-4-12-27-21)25-11-10-16-5-1-2-6-18(16)15-25/h1-9,12-13,20H,10-11,14-15H2,(H,24,26). The van der Waals surface area contributed by atoms with Gasteiger partial charge < -0.3 is 5.32 Å². The van der Waals surface area contributed by atoms with Crippen LogP contribution in [-0.2, 0) is 13.0 Å². The lowest BCUT2D eigenvalue weighted by Crippen LogP contribution is -2.40. The quantitative estimate of drug-likeness (QED) is 0.663. The number of carbonyl (C=O) groups is 1. The summed E-state index contributed by atoms with van der Waals surface area (Å²) in [6, 6.07) is 20.1. The van der Waals surface area contributed by atoms with Crippen molar-refractivity contribution in [1.82, 2.24) is 10.2 Å². The van der Waals surface area contributed by atoms with Gasteiger partial charge >= 0.3 is 0 Å². The van der Waals surface area contributed by atoms with Crippen molar-refractivity contribution in [3.63, 3.8) is 0 Å². The van der Waals surface area contributed by atoms with E-state index in [9.17, 15) is 4.79 Å². The van der Waals surface area contributed by atoms with Crippen LogP contribution in [0.2, 0.25) is 5.02 Å². The largest absolute Gasteiger partial charge is 0.350 e. The summed E-state index contributed by atoms with van der Waals surface area (Å²) < 4.78 is 0. The van der Waals surface area contributed by atoms with E-state index in [1.807, 2.05) is 0 Å². The SMILES string of the molecule is O=C(NCC(c1cccs1)N1CCc2ccccc2C1)c1cccc(Cl)c1. The zero-order chi connectivity index (χ0) is 18.6. The summed E-state index contributed by atoms with van der Waals surface area (Å²) in [6.07, 6.45) is 1.04. The van der Waals surface area contributed by atoms with Crippen molar-refractivity contribution >= 4 is 28.8 Å². The predicted molar refractivity (Wildman–Crippen MR) is 111 cm³/mol. The highest BCUT2D eigenvalue weighted by atomic mass is 35.5. The smallest absolute Gasteiger partial charge is 0.251 e. The van der Waals surface area contributed by atoms with Gasteiger partial charge in [0.1, 0.15) is 0 Å². The number of halogens is 1. The van der Waals surface area contributed by atoms with E-state index in [2.05, 4.69) is 52.0 Å². The lowest BCUT2D eigenvalue weighted by Gasteiger charge is -2.35. The van der Waals surface area contributed by atoms with Crippen molar-refractivity contribution in [2.45, 2.75) is 19.0 Å². The maximum atomic E-state index is 12.6. The molecule has 0 saturated heterocycles. The Morgan fingerprint density at radius 1 is 1.11 bits per heavy atom. The molecular formula is C22H21ClN2OS. The first-order valence-corrected chi connectivity index (χ1v) is 10.3. The summed E-state index contributed by atoms with van der Waals surface area (Å²) in [4.78, 5) is 16.3. The fraction of sp³-hybridized carbons (Fsp3) is 0.227. The van der Waals surface area contributed by atoms with Gasteiger partial charge in [0.2, 0.25) is 0 Å². The van der Waals surface area contributed by atoms with E-state index in [4.69, 9.17) is 11.6 Å². The van der Waals surface area contributed by atoms with E-state index in [0.717, 1.165) is 19.5 Å². The predicted octanol–water partition coefficient (Wildman–Crippen LogP) is 4.93. The first-order chi connectivity index (χ1) is 13.2. The Morgan fingerprint density at radius 2 is 1.96 bits per heavy atom. The molecule has 1 atom stereocenters. The molecule has 0 saturated carbocycles. The molecule has 1 aliphatic rings. The average Bonchev–Trinajstić information content (AvgIpc) is 3.22. The van der Waals surface area contributed by atoms with Crippen LogP contribution >= 0.6 is 22.9 Å². The van der Waals surface area contributed by atoms with Gasteiger partial charge in [-0.15, -0.1) is 11.3 Å². The van der Waals surface area contributed by atoms with Gasteiger partial charge in [0.05, 0.1) is 6.04 Å². The van der Waals surface area contributed by atoms with Crippen LogP contribution in [0.3, 0.4) is 0 Å². The van der Waals surface area contributed by atoms with E-state index < -0.39 is 0 Å². The number of rotatable bonds is 5. The third-order valence-corrected chi connectivity index (χ3v) is 6.22. The zero-order valence-electron chi connectivity index (χ0n) is 14.9. The van der Waals surface area contributed by atoms with Crippen LogP contribution in [0.4, 0.5) is 0 Å². The van der Waals surface area contributed by atoms with E-state index in [0.29, 0.717) is 17.1 Å². The molecule has 3 aromatic rings. The van der Waals surface area contributed by atoms with Crippen LogP contribution < -0.4 is 5.32 Å². The Kier molecular flexibility index (Phi) is 5.58. The van der Waals surface area contributed by atoms with Crippen LogP contribution in [0.1, 0.15) is 32.4 Å². The van der Waals surface area contributed by atoms with Gasteiger partial charge in [0.25, 0.3) is 5.91 Å². The molecule has 27 heavy (non-hydrogen) atoms. The van der Waals surface area contributed by atoms with Crippen molar-refractivity contribution < 1.29 is 4.79 Å². The Hall–Kier alpha value is -2.14. The molecule has 1 unspecified atom stereocenters. The summed E-state index contributed by atoms with van der Waals surface area (Å²) in [7, 11) is 0. The first kappa shape index (κ1) is 18.2. The van der Waals surface area contributed by atoms with Crippen molar-refractivity contribution in [1.29, 1.82) is 0 Å². The first-order valence-electron chi connectivity index (χ1n) is 9.09. The zero-order valence-corrected chi connectivity index (χ0v) is 16.5. The molecule has 2 heterocycles. The minimum Gasteiger partial charge on any atom is -0.350 e. The van der Waals surface area contributed by atoms with Crippen molar-refractivity contribution in [3.8, 4) is 0 Å². The Labute approximate surface area is 168 Å². The molecule has 0 fully saturated rings. The third-order valence-electron chi connectivity index (χ3n) is 5.02. The highest BCUT2D eigenvalue weighted by Gasteiger charge is 2.26. The highest BCUT2D eigenvalue weighted by Crippen LogP contribution is 2.30. The number of carbonyl (C=O) groups excluding carboxylic acids is 1. The average molecular weight is 397 g/mol. The normalized spacial score (nSPS) is 15.1. The maximum Gasteiger partial charge on any atom is 0.251 e. The maximum absolute atomic E-state index is 12.6. The van der Waals surface area contributed by atoms with Gasteiger partial charge in [-0.3, -0.25) is 9.69 Å². The molecule has 1 amide bonds. The summed E-state index contributed by atoms with van der Waals surface area (Å²) in [5.74, 6) is -0.0866. The summed E-state index contributed by atoms with van der Waals surface area (Å²) >= 11 is 7.76. The van der Waals surface area contributed by atoms with Crippen molar-refractivity contribution in [2.75, 3.05) is 13.1 Å². The summed E-state index contributed by atoms with van der Waals surface area (Å²) in [5, 5.41) is 5.77. The Balaban J connectivity index is 1.50. The molecule has 4 rings (SSSR count). The highest BCUT2D eigenvalue weighted by molar-refractivity contribution is 7.10. The topological polar surface area (TPSA) is 32.3 Å². The molecule has 138 valence electrons. The van der Waals surface area contributed by atoms with E-state index in [1.165, 1.54) is 16.0 Å². The minimum absolute atomic E-state index is 0.0866. The molecule has 1 N–H and O–H groups in total. The van der Waals surface area contributed by atoms with Crippen LogP contribution in [0.25, 0.3) is 0 Å². The number of thiophene rings is 1. The lowest BCUT2D eigenvalue weighted by molar-refractivity contribution is 0.0929. The molecule has 1 aromatic heterocycles. The molecule has 0 aliphatic carbocycles. The molecule has 0 radical (unpaired) electrons. The molecule has 0 bridgehead atoms. The van der Waals surface area contributed by atoms with E-state index in [1.54, 1.807) is 35.6 Å². The number of amides is 1. The molecule has 3 nitrogen and oxygen atoms in total. The second-order valence-corrected chi connectivity index (χ2v) is 8.16. The van der Waals surface area contributed by atoms with Gasteiger partial charge in [-0.05, 0) is 47.2 Å². The fourth-order valence-electron chi connectivity index (χ4n) is 3.60. The molecule has 0 spiro atoms. The van der Waals surface area contributed by atoms with Crippen LogP contribution in [-0.4, -0.2) is 23.9 Å². The second-order valence-electron chi connectivity index (χ2n) is 6.74. The molecule has 1 aliphatic heterocycles. The fourth-order valence-corrected chi connectivity index (χ4v) is 4.65. The van der Waals surface area contributed by atoms with Crippen LogP contribution in [0.15, 0.2) is 66.0 Å². The minimum atomic E-state index is -0.0866. The Morgan fingerprint density at radius 3 is 2.74 bits per heavy atom. The van der Waals surface area contributed by atoms with Gasteiger partial charge in [-0.2, -0.15) is 0 Å². The number of hydrogen-bond acceptors (Lipinski definition) is 3.